The lowest BCUT2D eigenvalue weighted by atomic mass is 10.0. The number of nitrogens with zero attached hydrogens (tertiary/aromatic N) is 1. The zero-order chi connectivity index (χ0) is 15.4. The van der Waals surface area contributed by atoms with Crippen LogP contribution in [0.1, 0.15) is 17.2 Å². The second kappa shape index (κ2) is 6.25. The van der Waals surface area contributed by atoms with Gasteiger partial charge in [0.1, 0.15) is 17.9 Å². The SMILES string of the molecule is N#Cc1cc(C(Nc2ccc(Cl)cc2)C(N)=O)ccc1F. The smallest absolute Gasteiger partial charge is 0.244 e. The molecule has 0 aliphatic rings. The van der Waals surface area contributed by atoms with Crippen LogP contribution in [-0.2, 0) is 4.79 Å². The van der Waals surface area contributed by atoms with Crippen molar-refractivity contribution in [2.75, 3.05) is 5.32 Å². The first-order chi connectivity index (χ1) is 10.0. The van der Waals surface area contributed by atoms with Crippen molar-refractivity contribution in [3.63, 3.8) is 0 Å². The average Bonchev–Trinajstić information content (AvgIpc) is 2.47. The van der Waals surface area contributed by atoms with E-state index >= 15 is 0 Å². The fourth-order valence-corrected chi connectivity index (χ4v) is 1.97. The van der Waals surface area contributed by atoms with E-state index in [1.165, 1.54) is 12.1 Å². The first-order valence-electron chi connectivity index (χ1n) is 6.02. The first kappa shape index (κ1) is 14.8. The summed E-state index contributed by atoms with van der Waals surface area (Å²) < 4.78 is 13.3. The Kier molecular flexibility index (Phi) is 4.41. The first-order valence-corrected chi connectivity index (χ1v) is 6.40. The monoisotopic (exact) mass is 303 g/mol. The summed E-state index contributed by atoms with van der Waals surface area (Å²) in [6, 6.07) is 11.4. The van der Waals surface area contributed by atoms with Crippen molar-refractivity contribution >= 4 is 23.2 Å². The van der Waals surface area contributed by atoms with E-state index in [0.717, 1.165) is 6.07 Å². The third kappa shape index (κ3) is 3.50. The zero-order valence-electron chi connectivity index (χ0n) is 10.8. The van der Waals surface area contributed by atoms with Crippen molar-refractivity contribution < 1.29 is 9.18 Å². The Labute approximate surface area is 125 Å². The topological polar surface area (TPSA) is 78.9 Å². The van der Waals surface area contributed by atoms with Gasteiger partial charge in [-0.2, -0.15) is 5.26 Å². The van der Waals surface area contributed by atoms with Crippen molar-refractivity contribution in [3.05, 3.63) is 64.4 Å². The molecule has 0 saturated carbocycles. The second-order valence-corrected chi connectivity index (χ2v) is 4.77. The van der Waals surface area contributed by atoms with Gasteiger partial charge in [0.25, 0.3) is 0 Å². The van der Waals surface area contributed by atoms with Crippen LogP contribution in [0.3, 0.4) is 0 Å². The molecule has 0 aliphatic heterocycles. The van der Waals surface area contributed by atoms with Gasteiger partial charge < -0.3 is 11.1 Å². The van der Waals surface area contributed by atoms with E-state index in [-0.39, 0.29) is 5.56 Å². The Hall–Kier alpha value is -2.58. The van der Waals surface area contributed by atoms with Crippen LogP contribution in [0.25, 0.3) is 0 Å². The van der Waals surface area contributed by atoms with E-state index < -0.39 is 17.8 Å². The number of hydrogen-bond acceptors (Lipinski definition) is 3. The molecular weight excluding hydrogens is 293 g/mol. The van der Waals surface area contributed by atoms with Crippen molar-refractivity contribution in [2.24, 2.45) is 5.73 Å². The molecule has 2 aromatic rings. The number of primary amides is 1. The lowest BCUT2D eigenvalue weighted by Crippen LogP contribution is -2.27. The Bertz CT molecular complexity index is 710. The molecule has 0 saturated heterocycles. The van der Waals surface area contributed by atoms with E-state index in [9.17, 15) is 9.18 Å². The minimum absolute atomic E-state index is 0.142. The molecule has 0 spiro atoms. The highest BCUT2D eigenvalue weighted by Gasteiger charge is 2.19. The number of nitriles is 1. The predicted octanol–water partition coefficient (Wildman–Crippen LogP) is 2.99. The average molecular weight is 304 g/mol. The number of benzene rings is 2. The number of amides is 1. The lowest BCUT2D eigenvalue weighted by molar-refractivity contribution is -0.118. The molecule has 1 atom stereocenters. The van der Waals surface area contributed by atoms with Crippen molar-refractivity contribution in [1.29, 1.82) is 5.26 Å². The Balaban J connectivity index is 2.33. The molecule has 0 aromatic heterocycles. The summed E-state index contributed by atoms with van der Waals surface area (Å²) in [6.07, 6.45) is 0. The van der Waals surface area contributed by atoms with Gasteiger partial charge in [-0.3, -0.25) is 4.79 Å². The Morgan fingerprint density at radius 1 is 1.29 bits per heavy atom. The van der Waals surface area contributed by atoms with Gasteiger partial charge in [0.05, 0.1) is 5.56 Å². The normalized spacial score (nSPS) is 11.5. The summed E-state index contributed by atoms with van der Waals surface area (Å²) in [5, 5.41) is 12.3. The van der Waals surface area contributed by atoms with Gasteiger partial charge in [-0.05, 0) is 42.0 Å². The van der Waals surface area contributed by atoms with E-state index in [1.54, 1.807) is 30.3 Å². The van der Waals surface area contributed by atoms with Gasteiger partial charge in [0.2, 0.25) is 5.91 Å². The molecule has 1 amide bonds. The van der Waals surface area contributed by atoms with Gasteiger partial charge in [0, 0.05) is 10.7 Å². The molecule has 0 aliphatic carbocycles. The summed E-state index contributed by atoms with van der Waals surface area (Å²) in [7, 11) is 0. The summed E-state index contributed by atoms with van der Waals surface area (Å²) in [5.41, 5.74) is 6.27. The van der Waals surface area contributed by atoms with E-state index in [4.69, 9.17) is 22.6 Å². The van der Waals surface area contributed by atoms with Crippen LogP contribution >= 0.6 is 11.6 Å². The van der Waals surface area contributed by atoms with Crippen molar-refractivity contribution in [3.8, 4) is 6.07 Å². The standard InChI is InChI=1S/C15H11ClFN3O/c16-11-2-4-12(5-3-11)20-14(15(19)21)9-1-6-13(17)10(7-9)8-18/h1-7,14,20H,(H2,19,21). The Morgan fingerprint density at radius 2 is 1.95 bits per heavy atom. The summed E-state index contributed by atoms with van der Waals surface area (Å²) >= 11 is 5.79. The number of hydrogen-bond donors (Lipinski definition) is 2. The van der Waals surface area contributed by atoms with Crippen LogP contribution in [0.5, 0.6) is 0 Å². The molecule has 21 heavy (non-hydrogen) atoms. The fourth-order valence-electron chi connectivity index (χ4n) is 1.84. The number of nitrogens with two attached hydrogens (primary N) is 1. The molecular formula is C15H11ClFN3O. The summed E-state index contributed by atoms with van der Waals surface area (Å²) in [6.45, 7) is 0. The lowest BCUT2D eigenvalue weighted by Gasteiger charge is -2.17. The molecule has 0 bridgehead atoms. The van der Waals surface area contributed by atoms with E-state index in [2.05, 4.69) is 5.32 Å². The minimum atomic E-state index is -0.876. The summed E-state index contributed by atoms with van der Waals surface area (Å²) in [4.78, 5) is 11.6. The van der Waals surface area contributed by atoms with Gasteiger partial charge in [-0.15, -0.1) is 0 Å². The number of carbonyl (C=O) groups is 1. The molecule has 6 heteroatoms. The minimum Gasteiger partial charge on any atom is -0.370 e. The number of halogens is 2. The third-order valence-corrected chi connectivity index (χ3v) is 3.14. The number of nitrogens with one attached hydrogen (secondary N) is 1. The maximum atomic E-state index is 13.3. The molecule has 3 N–H and O–H groups in total. The largest absolute Gasteiger partial charge is 0.370 e. The highest BCUT2D eigenvalue weighted by molar-refractivity contribution is 6.30. The third-order valence-electron chi connectivity index (χ3n) is 2.88. The highest BCUT2D eigenvalue weighted by Crippen LogP contribution is 2.22. The van der Waals surface area contributed by atoms with E-state index in [1.807, 2.05) is 0 Å². The van der Waals surface area contributed by atoms with Crippen LogP contribution in [0.2, 0.25) is 5.02 Å². The van der Waals surface area contributed by atoms with Crippen LogP contribution in [0.4, 0.5) is 10.1 Å². The number of carbonyl (C=O) groups excluding carboxylic acids is 1. The Morgan fingerprint density at radius 3 is 2.52 bits per heavy atom. The van der Waals surface area contributed by atoms with Crippen LogP contribution in [0.15, 0.2) is 42.5 Å². The van der Waals surface area contributed by atoms with Crippen LogP contribution in [0, 0.1) is 17.1 Å². The maximum absolute atomic E-state index is 13.3. The molecule has 106 valence electrons. The van der Waals surface area contributed by atoms with Gasteiger partial charge >= 0.3 is 0 Å². The van der Waals surface area contributed by atoms with Gasteiger partial charge in [0.15, 0.2) is 0 Å². The van der Waals surface area contributed by atoms with Crippen LogP contribution < -0.4 is 11.1 Å². The molecule has 4 nitrogen and oxygen atoms in total. The molecule has 2 rings (SSSR count). The predicted molar refractivity (Wildman–Crippen MR) is 78.1 cm³/mol. The van der Waals surface area contributed by atoms with E-state index in [0.29, 0.717) is 16.3 Å². The van der Waals surface area contributed by atoms with Gasteiger partial charge in [-0.25, -0.2) is 4.39 Å². The highest BCUT2D eigenvalue weighted by atomic mass is 35.5. The van der Waals surface area contributed by atoms with Crippen molar-refractivity contribution in [1.82, 2.24) is 0 Å². The zero-order valence-corrected chi connectivity index (χ0v) is 11.6. The molecule has 0 heterocycles. The molecule has 1 unspecified atom stereocenters. The number of rotatable bonds is 4. The summed E-state index contributed by atoms with van der Waals surface area (Å²) in [5.74, 6) is -1.28. The molecule has 0 radical (unpaired) electrons. The second-order valence-electron chi connectivity index (χ2n) is 4.34. The van der Waals surface area contributed by atoms with Crippen molar-refractivity contribution in [2.45, 2.75) is 6.04 Å². The molecule has 2 aromatic carbocycles. The fraction of sp³-hybridized carbons (Fsp3) is 0.0667. The van der Waals surface area contributed by atoms with Crippen LogP contribution in [-0.4, -0.2) is 5.91 Å². The maximum Gasteiger partial charge on any atom is 0.244 e. The van der Waals surface area contributed by atoms with Gasteiger partial charge in [-0.1, -0.05) is 17.7 Å². The molecule has 0 fully saturated rings. The number of anilines is 1. The quantitative estimate of drug-likeness (QED) is 0.911.